The van der Waals surface area contributed by atoms with Crippen LogP contribution in [-0.2, 0) is 4.74 Å². The quantitative estimate of drug-likeness (QED) is 0.611. The summed E-state index contributed by atoms with van der Waals surface area (Å²) in [6, 6.07) is 5.69. The van der Waals surface area contributed by atoms with E-state index in [2.05, 4.69) is 17.2 Å². The van der Waals surface area contributed by atoms with Crippen molar-refractivity contribution in [3.8, 4) is 0 Å². The normalized spacial score (nSPS) is 10.1. The number of aryl methyl sites for hydroxylation is 2. The van der Waals surface area contributed by atoms with E-state index in [0.717, 1.165) is 16.8 Å². The van der Waals surface area contributed by atoms with Gasteiger partial charge in [-0.3, -0.25) is 0 Å². The molecule has 0 radical (unpaired) electrons. The lowest BCUT2D eigenvalue weighted by molar-refractivity contribution is 0.159. The monoisotopic (exact) mass is 262 g/mol. The zero-order valence-electron chi connectivity index (χ0n) is 11.9. The Hall–Kier alpha value is -1.81. The van der Waals surface area contributed by atoms with Crippen LogP contribution in [0.2, 0.25) is 0 Å². The molecule has 0 saturated carbocycles. The number of ether oxygens (including phenoxy) is 1. The van der Waals surface area contributed by atoms with Crippen molar-refractivity contribution in [3.05, 3.63) is 41.5 Å². The van der Waals surface area contributed by atoms with Crippen molar-refractivity contribution in [2.24, 2.45) is 0 Å². The van der Waals surface area contributed by atoms with Crippen LogP contribution in [0.5, 0.6) is 0 Å². The Morgan fingerprint density at radius 3 is 2.74 bits per heavy atom. The summed E-state index contributed by atoms with van der Waals surface area (Å²) >= 11 is 0. The number of hydrogen-bond acceptors (Lipinski definition) is 2. The number of nitrogens with one attached hydrogen (secondary N) is 2. The van der Waals surface area contributed by atoms with E-state index >= 15 is 0 Å². The molecule has 19 heavy (non-hydrogen) atoms. The summed E-state index contributed by atoms with van der Waals surface area (Å²) in [5.74, 6) is 0. The average molecular weight is 262 g/mol. The maximum atomic E-state index is 11.7. The van der Waals surface area contributed by atoms with Crippen molar-refractivity contribution in [1.29, 1.82) is 0 Å². The molecule has 1 aromatic carbocycles. The molecule has 0 aliphatic rings. The number of urea groups is 1. The first kappa shape index (κ1) is 15.2. The number of rotatable bonds is 6. The largest absolute Gasteiger partial charge is 0.375 e. The highest BCUT2D eigenvalue weighted by Gasteiger charge is 2.03. The van der Waals surface area contributed by atoms with Gasteiger partial charge in [-0.05, 0) is 32.4 Å². The van der Waals surface area contributed by atoms with Crippen molar-refractivity contribution in [2.75, 3.05) is 25.1 Å². The summed E-state index contributed by atoms with van der Waals surface area (Å²) in [6.07, 6.45) is 0. The molecule has 104 valence electrons. The fourth-order valence-corrected chi connectivity index (χ4v) is 1.60. The van der Waals surface area contributed by atoms with Gasteiger partial charge in [0.05, 0.1) is 13.2 Å². The van der Waals surface area contributed by atoms with E-state index in [0.29, 0.717) is 19.8 Å². The maximum absolute atomic E-state index is 11.7. The number of carbonyl (C=O) groups excluding carboxylic acids is 1. The van der Waals surface area contributed by atoms with E-state index in [-0.39, 0.29) is 6.03 Å². The zero-order chi connectivity index (χ0) is 14.3. The second-order valence-electron chi connectivity index (χ2n) is 4.71. The van der Waals surface area contributed by atoms with E-state index in [1.807, 2.05) is 39.0 Å². The molecule has 0 unspecified atom stereocenters. The molecule has 4 nitrogen and oxygen atoms in total. The Balaban J connectivity index is 2.29. The molecule has 0 aliphatic carbocycles. The molecule has 0 bridgehead atoms. The minimum Gasteiger partial charge on any atom is -0.375 e. The molecule has 0 atom stereocenters. The topological polar surface area (TPSA) is 50.4 Å². The van der Waals surface area contributed by atoms with Gasteiger partial charge in [0.25, 0.3) is 0 Å². The third-order valence-corrected chi connectivity index (χ3v) is 2.51. The summed E-state index contributed by atoms with van der Waals surface area (Å²) in [5, 5.41) is 5.56. The fourth-order valence-electron chi connectivity index (χ4n) is 1.60. The zero-order valence-corrected chi connectivity index (χ0v) is 11.9. The summed E-state index contributed by atoms with van der Waals surface area (Å²) in [4.78, 5) is 11.7. The van der Waals surface area contributed by atoms with Gasteiger partial charge in [-0.15, -0.1) is 0 Å². The van der Waals surface area contributed by atoms with Crippen molar-refractivity contribution < 1.29 is 9.53 Å². The highest BCUT2D eigenvalue weighted by Crippen LogP contribution is 2.15. The molecule has 0 fully saturated rings. The number of carbonyl (C=O) groups is 1. The molecule has 4 heteroatoms. The SMILES string of the molecule is C=C(C)COCCNC(=O)Nc1ccc(C)cc1C. The Morgan fingerprint density at radius 1 is 1.37 bits per heavy atom. The molecule has 2 amide bonds. The van der Waals surface area contributed by atoms with Crippen LogP contribution in [-0.4, -0.2) is 25.8 Å². The first-order chi connectivity index (χ1) is 8.99. The number of hydrogen-bond donors (Lipinski definition) is 2. The van der Waals surface area contributed by atoms with Gasteiger partial charge in [-0.2, -0.15) is 0 Å². The number of benzene rings is 1. The van der Waals surface area contributed by atoms with Crippen LogP contribution in [0.25, 0.3) is 0 Å². The number of anilines is 1. The first-order valence-electron chi connectivity index (χ1n) is 6.33. The van der Waals surface area contributed by atoms with Gasteiger partial charge in [0.15, 0.2) is 0 Å². The predicted molar refractivity (Wildman–Crippen MR) is 78.6 cm³/mol. The van der Waals surface area contributed by atoms with Crippen molar-refractivity contribution in [3.63, 3.8) is 0 Å². The third-order valence-electron chi connectivity index (χ3n) is 2.51. The van der Waals surface area contributed by atoms with E-state index in [1.54, 1.807) is 0 Å². The highest BCUT2D eigenvalue weighted by molar-refractivity contribution is 5.90. The molecule has 0 aliphatic heterocycles. The third kappa shape index (κ3) is 6.06. The van der Waals surface area contributed by atoms with Crippen LogP contribution in [0.3, 0.4) is 0 Å². The van der Waals surface area contributed by atoms with Gasteiger partial charge in [0, 0.05) is 12.2 Å². The van der Waals surface area contributed by atoms with Crippen LogP contribution in [0.1, 0.15) is 18.1 Å². The summed E-state index contributed by atoms with van der Waals surface area (Å²) in [6.45, 7) is 11.1. The van der Waals surface area contributed by atoms with Gasteiger partial charge in [0.2, 0.25) is 0 Å². The molecule has 0 spiro atoms. The summed E-state index contributed by atoms with van der Waals surface area (Å²) in [5.41, 5.74) is 4.02. The van der Waals surface area contributed by atoms with Crippen LogP contribution in [0, 0.1) is 13.8 Å². The second kappa shape index (κ2) is 7.59. The van der Waals surface area contributed by atoms with Crippen molar-refractivity contribution in [1.82, 2.24) is 5.32 Å². The van der Waals surface area contributed by atoms with E-state index in [1.165, 1.54) is 5.56 Å². The van der Waals surface area contributed by atoms with Crippen LogP contribution in [0.15, 0.2) is 30.4 Å². The van der Waals surface area contributed by atoms with Gasteiger partial charge in [-0.1, -0.05) is 29.8 Å². The van der Waals surface area contributed by atoms with Gasteiger partial charge >= 0.3 is 6.03 Å². The van der Waals surface area contributed by atoms with Crippen molar-refractivity contribution in [2.45, 2.75) is 20.8 Å². The lowest BCUT2D eigenvalue weighted by atomic mass is 10.1. The molecule has 2 N–H and O–H groups in total. The van der Waals surface area contributed by atoms with Gasteiger partial charge in [-0.25, -0.2) is 4.79 Å². The smallest absolute Gasteiger partial charge is 0.319 e. The van der Waals surface area contributed by atoms with Crippen molar-refractivity contribution >= 4 is 11.7 Å². The lowest BCUT2D eigenvalue weighted by Crippen LogP contribution is -2.31. The molecule has 1 aromatic rings. The average Bonchev–Trinajstić information content (AvgIpc) is 2.32. The Bertz CT molecular complexity index is 455. The maximum Gasteiger partial charge on any atom is 0.319 e. The molecule has 0 saturated heterocycles. The highest BCUT2D eigenvalue weighted by atomic mass is 16.5. The van der Waals surface area contributed by atoms with Gasteiger partial charge in [0.1, 0.15) is 0 Å². The molecule has 0 aromatic heterocycles. The molecular weight excluding hydrogens is 240 g/mol. The fraction of sp³-hybridized carbons (Fsp3) is 0.400. The van der Waals surface area contributed by atoms with E-state index in [4.69, 9.17) is 4.74 Å². The summed E-state index contributed by atoms with van der Waals surface area (Å²) < 4.78 is 5.29. The lowest BCUT2D eigenvalue weighted by Gasteiger charge is -2.10. The van der Waals surface area contributed by atoms with Gasteiger partial charge < -0.3 is 15.4 Å². The minimum absolute atomic E-state index is 0.217. The second-order valence-corrected chi connectivity index (χ2v) is 4.71. The molecule has 0 heterocycles. The van der Waals surface area contributed by atoms with Crippen LogP contribution < -0.4 is 10.6 Å². The number of amides is 2. The molecule has 1 rings (SSSR count). The molecular formula is C15H22N2O2. The first-order valence-corrected chi connectivity index (χ1v) is 6.33. The van der Waals surface area contributed by atoms with E-state index in [9.17, 15) is 4.79 Å². The predicted octanol–water partition coefficient (Wildman–Crippen LogP) is 3.02. The summed E-state index contributed by atoms with van der Waals surface area (Å²) in [7, 11) is 0. The van der Waals surface area contributed by atoms with Crippen LogP contribution >= 0.6 is 0 Å². The Morgan fingerprint density at radius 2 is 2.11 bits per heavy atom. The van der Waals surface area contributed by atoms with Crippen LogP contribution in [0.4, 0.5) is 10.5 Å². The Kier molecular flexibility index (Phi) is 6.09. The van der Waals surface area contributed by atoms with E-state index < -0.39 is 0 Å². The Labute approximate surface area is 114 Å². The standard InChI is InChI=1S/C15H22N2O2/c1-11(2)10-19-8-7-16-15(18)17-14-6-5-12(3)9-13(14)4/h5-6,9H,1,7-8,10H2,2-4H3,(H2,16,17,18). The minimum atomic E-state index is -0.217.